The minimum Gasteiger partial charge on any atom is -0.380 e. The molecule has 1 aliphatic carbocycles. The van der Waals surface area contributed by atoms with Crippen LogP contribution >= 0.6 is 0 Å². The molecule has 2 nitrogen and oxygen atoms in total. The summed E-state index contributed by atoms with van der Waals surface area (Å²) in [5.74, 6) is 0.897. The fraction of sp³-hybridized carbons (Fsp3) is 1.00. The molecule has 1 rings (SSSR count). The van der Waals surface area contributed by atoms with Crippen molar-refractivity contribution >= 4 is 0 Å². The Labute approximate surface area is 94.8 Å². The van der Waals surface area contributed by atoms with Gasteiger partial charge in [0.2, 0.25) is 0 Å². The van der Waals surface area contributed by atoms with Gasteiger partial charge < -0.3 is 10.1 Å². The largest absolute Gasteiger partial charge is 0.380 e. The second-order valence-electron chi connectivity index (χ2n) is 4.69. The van der Waals surface area contributed by atoms with Crippen molar-refractivity contribution in [2.24, 2.45) is 5.92 Å². The van der Waals surface area contributed by atoms with E-state index in [1.807, 2.05) is 0 Å². The van der Waals surface area contributed by atoms with Gasteiger partial charge in [0.1, 0.15) is 0 Å². The van der Waals surface area contributed by atoms with Crippen molar-refractivity contribution in [2.45, 2.75) is 58.4 Å². The normalized spacial score (nSPS) is 21.2. The molecule has 0 aromatic heterocycles. The van der Waals surface area contributed by atoms with Gasteiger partial charge in [-0.3, -0.25) is 0 Å². The Morgan fingerprint density at radius 1 is 1.20 bits per heavy atom. The first-order valence-electron chi connectivity index (χ1n) is 6.65. The van der Waals surface area contributed by atoms with Gasteiger partial charge in [-0.05, 0) is 32.6 Å². The number of hydrogen-bond acceptors (Lipinski definition) is 2. The Balaban J connectivity index is 2.11. The van der Waals surface area contributed by atoms with Crippen LogP contribution in [-0.4, -0.2) is 25.8 Å². The fourth-order valence-corrected chi connectivity index (χ4v) is 2.48. The Bertz CT molecular complexity index is 141. The van der Waals surface area contributed by atoms with Crippen LogP contribution in [0.4, 0.5) is 0 Å². The van der Waals surface area contributed by atoms with Gasteiger partial charge in [-0.2, -0.15) is 0 Å². The lowest BCUT2D eigenvalue weighted by Crippen LogP contribution is -2.35. The first-order valence-corrected chi connectivity index (χ1v) is 6.65. The summed E-state index contributed by atoms with van der Waals surface area (Å²) in [7, 11) is 0. The minimum atomic E-state index is 0.670. The molecule has 1 fully saturated rings. The zero-order valence-electron chi connectivity index (χ0n) is 10.4. The molecule has 0 saturated heterocycles. The summed E-state index contributed by atoms with van der Waals surface area (Å²) in [6.45, 7) is 7.08. The van der Waals surface area contributed by atoms with Gasteiger partial charge in [0.05, 0.1) is 6.61 Å². The molecule has 0 spiro atoms. The molecular weight excluding hydrogens is 186 g/mol. The zero-order valence-corrected chi connectivity index (χ0v) is 10.4. The van der Waals surface area contributed by atoms with Crippen molar-refractivity contribution in [3.8, 4) is 0 Å². The van der Waals surface area contributed by atoms with E-state index in [2.05, 4.69) is 19.2 Å². The van der Waals surface area contributed by atoms with Crippen LogP contribution in [-0.2, 0) is 4.74 Å². The van der Waals surface area contributed by atoms with Crippen LogP contribution in [0.5, 0.6) is 0 Å². The highest BCUT2D eigenvalue weighted by molar-refractivity contribution is 4.74. The van der Waals surface area contributed by atoms with E-state index >= 15 is 0 Å². The van der Waals surface area contributed by atoms with E-state index in [0.29, 0.717) is 6.04 Å². The van der Waals surface area contributed by atoms with Gasteiger partial charge >= 0.3 is 0 Å². The fourth-order valence-electron chi connectivity index (χ4n) is 2.48. The number of rotatable bonds is 6. The van der Waals surface area contributed by atoms with E-state index in [1.165, 1.54) is 38.5 Å². The predicted molar refractivity (Wildman–Crippen MR) is 65.1 cm³/mol. The molecule has 0 radical (unpaired) electrons. The van der Waals surface area contributed by atoms with Crippen LogP contribution in [0, 0.1) is 5.92 Å². The molecule has 15 heavy (non-hydrogen) atoms. The average Bonchev–Trinajstić information content (AvgIpc) is 2.52. The molecule has 0 amide bonds. The van der Waals surface area contributed by atoms with Crippen molar-refractivity contribution < 1.29 is 4.74 Å². The van der Waals surface area contributed by atoms with Crippen LogP contribution in [0.15, 0.2) is 0 Å². The highest BCUT2D eigenvalue weighted by Crippen LogP contribution is 2.25. The molecule has 1 saturated carbocycles. The molecule has 0 aromatic carbocycles. The third-order valence-corrected chi connectivity index (χ3v) is 3.52. The second kappa shape index (κ2) is 8.12. The SMILES string of the molecule is CCOCCN[C@H](C)C1CCCCCC1. The van der Waals surface area contributed by atoms with Crippen LogP contribution in [0.1, 0.15) is 52.4 Å². The minimum absolute atomic E-state index is 0.670. The van der Waals surface area contributed by atoms with Crippen molar-refractivity contribution in [1.29, 1.82) is 0 Å². The first kappa shape index (κ1) is 13.0. The van der Waals surface area contributed by atoms with E-state index in [9.17, 15) is 0 Å². The molecule has 0 bridgehead atoms. The lowest BCUT2D eigenvalue weighted by molar-refractivity contribution is 0.144. The third kappa shape index (κ3) is 5.53. The van der Waals surface area contributed by atoms with Crippen LogP contribution in [0.2, 0.25) is 0 Å². The quantitative estimate of drug-likeness (QED) is 0.541. The molecule has 1 aliphatic rings. The van der Waals surface area contributed by atoms with E-state index in [4.69, 9.17) is 4.74 Å². The summed E-state index contributed by atoms with van der Waals surface area (Å²) in [4.78, 5) is 0. The second-order valence-corrected chi connectivity index (χ2v) is 4.69. The summed E-state index contributed by atoms with van der Waals surface area (Å²) in [5.41, 5.74) is 0. The van der Waals surface area contributed by atoms with E-state index in [0.717, 1.165) is 25.7 Å². The summed E-state index contributed by atoms with van der Waals surface area (Å²) in [6.07, 6.45) is 8.60. The van der Waals surface area contributed by atoms with E-state index in [-0.39, 0.29) is 0 Å². The maximum absolute atomic E-state index is 5.33. The van der Waals surface area contributed by atoms with Crippen LogP contribution in [0.25, 0.3) is 0 Å². The lowest BCUT2D eigenvalue weighted by atomic mass is 9.93. The molecule has 0 heterocycles. The Kier molecular flexibility index (Phi) is 7.03. The molecule has 1 N–H and O–H groups in total. The highest BCUT2D eigenvalue weighted by Gasteiger charge is 2.17. The van der Waals surface area contributed by atoms with Crippen LogP contribution in [0.3, 0.4) is 0 Å². The lowest BCUT2D eigenvalue weighted by Gasteiger charge is -2.23. The molecule has 1 atom stereocenters. The molecule has 0 aromatic rings. The van der Waals surface area contributed by atoms with Crippen molar-refractivity contribution in [1.82, 2.24) is 5.32 Å². The summed E-state index contributed by atoms with van der Waals surface area (Å²) < 4.78 is 5.33. The topological polar surface area (TPSA) is 21.3 Å². The average molecular weight is 213 g/mol. The molecule has 0 aliphatic heterocycles. The number of hydrogen-bond donors (Lipinski definition) is 1. The van der Waals surface area contributed by atoms with Gasteiger partial charge in [-0.1, -0.05) is 25.7 Å². The van der Waals surface area contributed by atoms with Gasteiger partial charge in [0.15, 0.2) is 0 Å². The summed E-state index contributed by atoms with van der Waals surface area (Å²) >= 11 is 0. The molecule has 2 heteroatoms. The predicted octanol–water partition coefficient (Wildman–Crippen LogP) is 2.97. The van der Waals surface area contributed by atoms with E-state index < -0.39 is 0 Å². The monoisotopic (exact) mass is 213 g/mol. The van der Waals surface area contributed by atoms with Gasteiger partial charge in [0.25, 0.3) is 0 Å². The molecule has 0 unspecified atom stereocenters. The Morgan fingerprint density at radius 2 is 1.87 bits per heavy atom. The van der Waals surface area contributed by atoms with Crippen molar-refractivity contribution in [3.63, 3.8) is 0 Å². The zero-order chi connectivity index (χ0) is 10.9. The highest BCUT2D eigenvalue weighted by atomic mass is 16.5. The van der Waals surface area contributed by atoms with Crippen molar-refractivity contribution in [2.75, 3.05) is 19.8 Å². The summed E-state index contributed by atoms with van der Waals surface area (Å²) in [5, 5.41) is 3.59. The Hall–Kier alpha value is -0.0800. The number of ether oxygens (including phenoxy) is 1. The van der Waals surface area contributed by atoms with Gasteiger partial charge in [-0.15, -0.1) is 0 Å². The summed E-state index contributed by atoms with van der Waals surface area (Å²) in [6, 6.07) is 0.670. The first-order chi connectivity index (χ1) is 7.34. The standard InChI is InChI=1S/C13H27NO/c1-3-15-11-10-14-12(2)13-8-6-4-5-7-9-13/h12-14H,3-11H2,1-2H3/t12-/m1/s1. The van der Waals surface area contributed by atoms with Crippen LogP contribution < -0.4 is 5.32 Å². The number of nitrogens with one attached hydrogen (secondary N) is 1. The van der Waals surface area contributed by atoms with Crippen molar-refractivity contribution in [3.05, 3.63) is 0 Å². The third-order valence-electron chi connectivity index (χ3n) is 3.52. The Morgan fingerprint density at radius 3 is 2.47 bits per heavy atom. The maximum Gasteiger partial charge on any atom is 0.0590 e. The molecule has 90 valence electrons. The van der Waals surface area contributed by atoms with E-state index in [1.54, 1.807) is 0 Å². The maximum atomic E-state index is 5.33. The van der Waals surface area contributed by atoms with Gasteiger partial charge in [0, 0.05) is 19.2 Å². The molecular formula is C13H27NO. The van der Waals surface area contributed by atoms with Gasteiger partial charge in [-0.25, -0.2) is 0 Å². The smallest absolute Gasteiger partial charge is 0.0590 e.